The minimum Gasteiger partial charge on any atom is -0.466 e. The van der Waals surface area contributed by atoms with Crippen LogP contribution in [0.5, 0.6) is 0 Å². The van der Waals surface area contributed by atoms with Gasteiger partial charge in [0, 0.05) is 25.4 Å². The van der Waals surface area contributed by atoms with Crippen LogP contribution in [0.15, 0.2) is 0 Å². The van der Waals surface area contributed by atoms with E-state index in [1.165, 1.54) is 0 Å². The van der Waals surface area contributed by atoms with Crippen LogP contribution in [0.1, 0.15) is 46.0 Å². The van der Waals surface area contributed by atoms with Crippen molar-refractivity contribution < 1.29 is 14.3 Å². The van der Waals surface area contributed by atoms with Crippen LogP contribution in [-0.4, -0.2) is 42.4 Å². The number of ether oxygens (including phenoxy) is 1. The second kappa shape index (κ2) is 6.51. The van der Waals surface area contributed by atoms with E-state index in [1.807, 2.05) is 6.92 Å². The Labute approximate surface area is 115 Å². The van der Waals surface area contributed by atoms with Gasteiger partial charge in [-0.25, -0.2) is 0 Å². The number of likely N-dealkylation sites (tertiary alicyclic amines) is 1. The molecule has 19 heavy (non-hydrogen) atoms. The number of carbonyl (C=O) groups excluding carboxylic acids is 2. The molecule has 0 radical (unpaired) electrons. The molecule has 0 N–H and O–H groups in total. The molecule has 4 nitrogen and oxygen atoms in total. The maximum Gasteiger partial charge on any atom is 0.310 e. The van der Waals surface area contributed by atoms with Crippen LogP contribution < -0.4 is 0 Å². The number of Topliss-reactive ketones (excluding diaryl/α,β-unsaturated/α-hetero) is 1. The Kier molecular flexibility index (Phi) is 4.97. The maximum absolute atomic E-state index is 12.0. The molecule has 0 aromatic heterocycles. The number of esters is 1. The molecule has 2 rings (SSSR count). The van der Waals surface area contributed by atoms with E-state index in [2.05, 4.69) is 11.8 Å². The van der Waals surface area contributed by atoms with Crippen molar-refractivity contribution in [1.29, 1.82) is 0 Å². The van der Waals surface area contributed by atoms with Crippen LogP contribution in [-0.2, 0) is 14.3 Å². The molecule has 2 fully saturated rings. The molecule has 4 heteroatoms. The number of nitrogens with zero attached hydrogens (tertiary/aromatic N) is 1. The molecule has 2 aliphatic rings. The van der Waals surface area contributed by atoms with Gasteiger partial charge in [0.1, 0.15) is 5.78 Å². The van der Waals surface area contributed by atoms with Gasteiger partial charge in [-0.05, 0) is 38.6 Å². The number of rotatable bonds is 4. The monoisotopic (exact) mass is 267 g/mol. The summed E-state index contributed by atoms with van der Waals surface area (Å²) >= 11 is 0. The van der Waals surface area contributed by atoms with Gasteiger partial charge in [-0.1, -0.05) is 6.92 Å². The van der Waals surface area contributed by atoms with E-state index in [-0.39, 0.29) is 11.9 Å². The van der Waals surface area contributed by atoms with Crippen LogP contribution in [0.4, 0.5) is 0 Å². The standard InChI is InChI=1S/C15H25NO3/c1-3-7-16-10-12(15(18)19-4-2)8-11-9-13(17)5-6-14(11)16/h11-12,14H,3-10H2,1-2H3/t11-,12-,14-/m1/s1. The molecule has 108 valence electrons. The zero-order valence-electron chi connectivity index (χ0n) is 12.1. The molecule has 0 amide bonds. The van der Waals surface area contributed by atoms with Gasteiger partial charge < -0.3 is 4.74 Å². The fourth-order valence-corrected chi connectivity index (χ4v) is 3.63. The Hall–Kier alpha value is -0.900. The number of piperidine rings is 1. The number of hydrogen-bond donors (Lipinski definition) is 0. The lowest BCUT2D eigenvalue weighted by Crippen LogP contribution is -2.53. The van der Waals surface area contributed by atoms with Crippen molar-refractivity contribution in [2.75, 3.05) is 19.7 Å². The molecule has 1 heterocycles. The highest BCUT2D eigenvalue weighted by Gasteiger charge is 2.41. The van der Waals surface area contributed by atoms with Gasteiger partial charge >= 0.3 is 5.97 Å². The summed E-state index contributed by atoms with van der Waals surface area (Å²) in [5.74, 6) is 0.594. The van der Waals surface area contributed by atoms with Crippen molar-refractivity contribution in [1.82, 2.24) is 4.90 Å². The molecular weight excluding hydrogens is 242 g/mol. The Bertz CT molecular complexity index is 342. The van der Waals surface area contributed by atoms with E-state index in [0.717, 1.165) is 32.4 Å². The fourth-order valence-electron chi connectivity index (χ4n) is 3.63. The normalized spacial score (nSPS) is 31.9. The van der Waals surface area contributed by atoms with Crippen molar-refractivity contribution in [2.24, 2.45) is 11.8 Å². The average molecular weight is 267 g/mol. The zero-order chi connectivity index (χ0) is 13.8. The van der Waals surface area contributed by atoms with Crippen molar-refractivity contribution in [3.63, 3.8) is 0 Å². The molecule has 1 aliphatic heterocycles. The molecular formula is C15H25NO3. The quantitative estimate of drug-likeness (QED) is 0.731. The molecule has 1 aliphatic carbocycles. The first-order valence-corrected chi connectivity index (χ1v) is 7.58. The van der Waals surface area contributed by atoms with Gasteiger partial charge in [-0.3, -0.25) is 14.5 Å². The number of carbonyl (C=O) groups is 2. The first kappa shape index (κ1) is 14.5. The van der Waals surface area contributed by atoms with Gasteiger partial charge in [0.25, 0.3) is 0 Å². The second-order valence-electron chi connectivity index (χ2n) is 5.79. The van der Waals surface area contributed by atoms with Crippen molar-refractivity contribution >= 4 is 11.8 Å². The predicted molar refractivity (Wildman–Crippen MR) is 72.7 cm³/mol. The van der Waals surface area contributed by atoms with Gasteiger partial charge in [0.15, 0.2) is 0 Å². The third-order valence-electron chi connectivity index (χ3n) is 4.39. The minimum atomic E-state index is -0.0833. The van der Waals surface area contributed by atoms with Gasteiger partial charge in [-0.15, -0.1) is 0 Å². The van der Waals surface area contributed by atoms with Crippen molar-refractivity contribution in [2.45, 2.75) is 52.0 Å². The first-order valence-electron chi connectivity index (χ1n) is 7.58. The van der Waals surface area contributed by atoms with E-state index in [9.17, 15) is 9.59 Å². The lowest BCUT2D eigenvalue weighted by atomic mass is 9.74. The largest absolute Gasteiger partial charge is 0.466 e. The van der Waals surface area contributed by atoms with Crippen LogP contribution in [0.3, 0.4) is 0 Å². The van der Waals surface area contributed by atoms with E-state index >= 15 is 0 Å². The summed E-state index contributed by atoms with van der Waals surface area (Å²) in [6.07, 6.45) is 4.26. The zero-order valence-corrected chi connectivity index (χ0v) is 12.1. The third-order valence-corrected chi connectivity index (χ3v) is 4.39. The summed E-state index contributed by atoms with van der Waals surface area (Å²) in [6, 6.07) is 0.503. The fraction of sp³-hybridized carbons (Fsp3) is 0.867. The minimum absolute atomic E-state index is 0.0429. The van der Waals surface area contributed by atoms with Crippen LogP contribution in [0.25, 0.3) is 0 Å². The summed E-state index contributed by atoms with van der Waals surface area (Å²) in [5.41, 5.74) is 0. The topological polar surface area (TPSA) is 46.6 Å². The van der Waals surface area contributed by atoms with Gasteiger partial charge in [0.05, 0.1) is 12.5 Å². The number of ketones is 1. The highest BCUT2D eigenvalue weighted by Crippen LogP contribution is 2.36. The average Bonchev–Trinajstić information content (AvgIpc) is 2.38. The summed E-state index contributed by atoms with van der Waals surface area (Å²) in [6.45, 7) is 6.28. The van der Waals surface area contributed by atoms with Gasteiger partial charge in [0.2, 0.25) is 0 Å². The van der Waals surface area contributed by atoms with Crippen LogP contribution >= 0.6 is 0 Å². The lowest BCUT2D eigenvalue weighted by molar-refractivity contribution is -0.153. The highest BCUT2D eigenvalue weighted by molar-refractivity contribution is 5.80. The third kappa shape index (κ3) is 3.35. The Morgan fingerprint density at radius 1 is 1.42 bits per heavy atom. The molecule has 3 atom stereocenters. The van der Waals surface area contributed by atoms with E-state index in [0.29, 0.717) is 37.2 Å². The number of hydrogen-bond acceptors (Lipinski definition) is 4. The summed E-state index contributed by atoms with van der Waals surface area (Å²) in [7, 11) is 0. The lowest BCUT2D eigenvalue weighted by Gasteiger charge is -2.46. The van der Waals surface area contributed by atoms with Gasteiger partial charge in [-0.2, -0.15) is 0 Å². The van der Waals surface area contributed by atoms with E-state index in [4.69, 9.17) is 4.74 Å². The second-order valence-corrected chi connectivity index (χ2v) is 5.79. The molecule has 1 saturated heterocycles. The Balaban J connectivity index is 2.06. The molecule has 0 spiro atoms. The Morgan fingerprint density at radius 2 is 2.21 bits per heavy atom. The van der Waals surface area contributed by atoms with Crippen molar-refractivity contribution in [3.8, 4) is 0 Å². The first-order chi connectivity index (χ1) is 9.15. The number of fused-ring (bicyclic) bond motifs is 1. The summed E-state index contributed by atoms with van der Waals surface area (Å²) < 4.78 is 5.16. The molecule has 0 aromatic carbocycles. The molecule has 0 bridgehead atoms. The predicted octanol–water partition coefficient (Wildman–Crippen LogP) is 2.02. The molecule has 0 aromatic rings. The summed E-state index contributed by atoms with van der Waals surface area (Å²) in [5, 5.41) is 0. The SMILES string of the molecule is CCCN1C[C@H](C(=O)OCC)C[C@@H]2CC(=O)CC[C@H]21. The maximum atomic E-state index is 12.0. The molecule has 1 saturated carbocycles. The smallest absolute Gasteiger partial charge is 0.310 e. The molecule has 0 unspecified atom stereocenters. The van der Waals surface area contributed by atoms with Crippen LogP contribution in [0, 0.1) is 11.8 Å². The van der Waals surface area contributed by atoms with Crippen LogP contribution in [0.2, 0.25) is 0 Å². The Morgan fingerprint density at radius 3 is 2.89 bits per heavy atom. The van der Waals surface area contributed by atoms with E-state index in [1.54, 1.807) is 0 Å². The summed E-state index contributed by atoms with van der Waals surface area (Å²) in [4.78, 5) is 26.0. The van der Waals surface area contributed by atoms with Crippen molar-refractivity contribution in [3.05, 3.63) is 0 Å². The van der Waals surface area contributed by atoms with E-state index < -0.39 is 0 Å². The highest BCUT2D eigenvalue weighted by atomic mass is 16.5.